The van der Waals surface area contributed by atoms with Gasteiger partial charge in [0.05, 0.1) is 0 Å². The van der Waals surface area contributed by atoms with Gasteiger partial charge in [0.1, 0.15) is 0 Å². The fourth-order valence-corrected chi connectivity index (χ4v) is 0.838. The Morgan fingerprint density at radius 2 is 2.33 bits per heavy atom. The summed E-state index contributed by atoms with van der Waals surface area (Å²) in [5.41, 5.74) is 1.36. The maximum absolute atomic E-state index is 5.02. The first kappa shape index (κ1) is 6.27. The number of carbonyl (C=O) groups excluding carboxylic acids is 1. The average Bonchev–Trinajstić information content (AvgIpc) is 1.88. The number of allylic oxidation sites excluding steroid dienone is 4. The molecule has 0 aromatic carbocycles. The summed E-state index contributed by atoms with van der Waals surface area (Å²) in [6.07, 6.45) is 7.22. The normalized spacial score (nSPS) is 22.4. The van der Waals surface area contributed by atoms with E-state index >= 15 is 0 Å². The average molecular weight is 123 g/mol. The number of hydrogen-bond donors (Lipinski definition) is 0. The molecule has 0 fully saturated rings. The van der Waals surface area contributed by atoms with Crippen molar-refractivity contribution in [1.29, 1.82) is 0 Å². The highest BCUT2D eigenvalue weighted by Gasteiger charge is 2.05. The van der Waals surface area contributed by atoms with Gasteiger partial charge >= 0.3 is 5.78 Å². The molecule has 1 heteroatoms. The van der Waals surface area contributed by atoms with Crippen LogP contribution in [0, 0.1) is 0 Å². The van der Waals surface area contributed by atoms with E-state index in [1.807, 2.05) is 6.08 Å². The van der Waals surface area contributed by atoms with Gasteiger partial charge in [-0.05, 0) is 13.3 Å². The van der Waals surface area contributed by atoms with Crippen LogP contribution < -0.4 is 0 Å². The van der Waals surface area contributed by atoms with Gasteiger partial charge < -0.3 is 0 Å². The van der Waals surface area contributed by atoms with E-state index in [9.17, 15) is 0 Å². The van der Waals surface area contributed by atoms with Gasteiger partial charge in [-0.2, -0.15) is 0 Å². The first-order valence-corrected chi connectivity index (χ1v) is 3.07. The molecule has 0 amide bonds. The van der Waals surface area contributed by atoms with Gasteiger partial charge in [-0.15, -0.1) is 0 Å². The smallest absolute Gasteiger partial charge is 0.258 e. The minimum absolute atomic E-state index is 0.957. The second-order valence-corrected chi connectivity index (χ2v) is 2.20. The van der Waals surface area contributed by atoms with Crippen molar-refractivity contribution in [3.63, 3.8) is 0 Å². The van der Waals surface area contributed by atoms with E-state index in [2.05, 4.69) is 19.1 Å². The molecule has 9 heavy (non-hydrogen) atoms. The van der Waals surface area contributed by atoms with Crippen LogP contribution in [0.3, 0.4) is 0 Å². The summed E-state index contributed by atoms with van der Waals surface area (Å²) in [4.78, 5) is 0. The Balaban J connectivity index is 2.78. The maximum atomic E-state index is 5.02. The molecule has 1 aliphatic carbocycles. The van der Waals surface area contributed by atoms with Crippen LogP contribution in [0.25, 0.3) is 0 Å². The third kappa shape index (κ3) is 1.53. The Bertz CT molecular complexity index is 185. The summed E-state index contributed by atoms with van der Waals surface area (Å²) < 4.78 is 5.02. The monoisotopic (exact) mass is 123 g/mol. The Hall–Kier alpha value is -0.850. The molecule has 48 valence electrons. The fraction of sp³-hybridized carbons (Fsp3) is 0.375. The molecule has 0 atom stereocenters. The molecule has 0 saturated carbocycles. The largest absolute Gasteiger partial charge is 0.342 e. The molecule has 1 nitrogen and oxygen atoms in total. The predicted molar refractivity (Wildman–Crippen MR) is 38.4 cm³/mol. The highest BCUT2D eigenvalue weighted by Crippen LogP contribution is 2.06. The molecule has 0 spiro atoms. The molecule has 0 saturated heterocycles. The number of rotatable bonds is 0. The summed E-state index contributed by atoms with van der Waals surface area (Å²) >= 11 is 0. The van der Waals surface area contributed by atoms with Crippen molar-refractivity contribution < 1.29 is 4.42 Å². The molecule has 0 aliphatic heterocycles. The molecule has 0 aromatic rings. The van der Waals surface area contributed by atoms with E-state index in [1.165, 1.54) is 5.57 Å². The Labute approximate surface area is 55.4 Å². The number of ketones is 1. The van der Waals surface area contributed by atoms with Crippen LogP contribution >= 0.6 is 0 Å². The highest BCUT2D eigenvalue weighted by atomic mass is 16.4. The first-order valence-electron chi connectivity index (χ1n) is 3.07. The first-order chi connectivity index (χ1) is 4.33. The van der Waals surface area contributed by atoms with Crippen molar-refractivity contribution in [2.75, 3.05) is 7.11 Å². The quantitative estimate of drug-likeness (QED) is 0.434. The molecule has 0 radical (unpaired) electrons. The van der Waals surface area contributed by atoms with E-state index in [4.69, 9.17) is 4.42 Å². The summed E-state index contributed by atoms with van der Waals surface area (Å²) in [5, 5.41) is 0. The van der Waals surface area contributed by atoms with Gasteiger partial charge in [0.2, 0.25) is 0 Å². The lowest BCUT2D eigenvalue weighted by Gasteiger charge is -1.95. The molecular weight excluding hydrogens is 112 g/mol. The van der Waals surface area contributed by atoms with Crippen LogP contribution in [0.2, 0.25) is 0 Å². The second kappa shape index (κ2) is 2.62. The van der Waals surface area contributed by atoms with Crippen LogP contribution in [0.4, 0.5) is 0 Å². The van der Waals surface area contributed by atoms with Crippen LogP contribution in [-0.2, 0) is 4.42 Å². The zero-order valence-electron chi connectivity index (χ0n) is 5.85. The zero-order chi connectivity index (χ0) is 6.69. The van der Waals surface area contributed by atoms with Crippen molar-refractivity contribution >= 4 is 5.78 Å². The summed E-state index contributed by atoms with van der Waals surface area (Å²) in [7, 11) is 1.69. The zero-order valence-corrected chi connectivity index (χ0v) is 5.85. The highest BCUT2D eigenvalue weighted by molar-refractivity contribution is 6.00. The minimum Gasteiger partial charge on any atom is -0.258 e. The standard InChI is InChI=1S/C8H11O/c1-7-4-3-5-8(6-7)9-2/h3,5-6H,4H2,1-2H3/q+1. The Morgan fingerprint density at radius 1 is 1.56 bits per heavy atom. The molecule has 1 aliphatic rings. The summed E-state index contributed by atoms with van der Waals surface area (Å²) in [5.74, 6) is 0.957. The molecule has 0 heterocycles. The van der Waals surface area contributed by atoms with Gasteiger partial charge in [-0.3, -0.25) is 4.42 Å². The molecule has 0 N–H and O–H groups in total. The van der Waals surface area contributed by atoms with Crippen molar-refractivity contribution in [3.8, 4) is 0 Å². The molecule has 0 bridgehead atoms. The molecular formula is C8H11O+. The lowest BCUT2D eigenvalue weighted by molar-refractivity contribution is -0.417. The third-order valence-corrected chi connectivity index (χ3v) is 1.35. The SMILES string of the molecule is C[O+]=C1C=CCC(C)=C1. The summed E-state index contributed by atoms with van der Waals surface area (Å²) in [6.45, 7) is 2.10. The van der Waals surface area contributed by atoms with Gasteiger partial charge in [0, 0.05) is 12.2 Å². The van der Waals surface area contributed by atoms with E-state index in [1.54, 1.807) is 7.11 Å². The molecule has 0 unspecified atom stereocenters. The lowest BCUT2D eigenvalue weighted by atomic mass is 10.1. The minimum atomic E-state index is 0.957. The lowest BCUT2D eigenvalue weighted by Crippen LogP contribution is -1.96. The topological polar surface area (TPSA) is 11.3 Å². The van der Waals surface area contributed by atoms with Gasteiger partial charge in [0.25, 0.3) is 7.11 Å². The molecule has 1 rings (SSSR count). The van der Waals surface area contributed by atoms with E-state index < -0.39 is 0 Å². The maximum Gasteiger partial charge on any atom is 0.342 e. The van der Waals surface area contributed by atoms with E-state index in [0.717, 1.165) is 12.2 Å². The van der Waals surface area contributed by atoms with Crippen LogP contribution in [0.15, 0.2) is 23.8 Å². The van der Waals surface area contributed by atoms with Crippen LogP contribution in [0.1, 0.15) is 13.3 Å². The van der Waals surface area contributed by atoms with Crippen molar-refractivity contribution in [1.82, 2.24) is 0 Å². The number of hydrogen-bond acceptors (Lipinski definition) is 0. The van der Waals surface area contributed by atoms with Gasteiger partial charge in [-0.25, -0.2) is 0 Å². The van der Waals surface area contributed by atoms with Gasteiger partial charge in [0.15, 0.2) is 0 Å². The Morgan fingerprint density at radius 3 is 2.78 bits per heavy atom. The van der Waals surface area contributed by atoms with E-state index in [-0.39, 0.29) is 0 Å². The second-order valence-electron chi connectivity index (χ2n) is 2.20. The fourth-order valence-electron chi connectivity index (χ4n) is 0.838. The van der Waals surface area contributed by atoms with E-state index in [0.29, 0.717) is 0 Å². The molecule has 0 aromatic heterocycles. The van der Waals surface area contributed by atoms with Crippen molar-refractivity contribution in [2.24, 2.45) is 0 Å². The van der Waals surface area contributed by atoms with Gasteiger partial charge in [-0.1, -0.05) is 11.6 Å². The third-order valence-electron chi connectivity index (χ3n) is 1.35. The van der Waals surface area contributed by atoms with Crippen LogP contribution in [0.5, 0.6) is 0 Å². The summed E-state index contributed by atoms with van der Waals surface area (Å²) in [6, 6.07) is 0. The van der Waals surface area contributed by atoms with Crippen molar-refractivity contribution in [3.05, 3.63) is 23.8 Å². The van der Waals surface area contributed by atoms with Crippen molar-refractivity contribution in [2.45, 2.75) is 13.3 Å². The Kier molecular flexibility index (Phi) is 1.83. The van der Waals surface area contributed by atoms with Crippen LogP contribution in [-0.4, -0.2) is 12.9 Å². The predicted octanol–water partition coefficient (Wildman–Crippen LogP) is 1.63.